The number of hydrogen-bond acceptors (Lipinski definition) is 3. The van der Waals surface area contributed by atoms with E-state index in [0.29, 0.717) is 22.3 Å². The van der Waals surface area contributed by atoms with Crippen molar-refractivity contribution in [2.45, 2.75) is 57.2 Å². The van der Waals surface area contributed by atoms with Crippen LogP contribution in [0.15, 0.2) is 54.6 Å². The Labute approximate surface area is 185 Å². The van der Waals surface area contributed by atoms with Crippen LogP contribution in [0.1, 0.15) is 60.9 Å². The summed E-state index contributed by atoms with van der Waals surface area (Å²) in [4.78, 5) is 17.7. The predicted octanol–water partition coefficient (Wildman–Crippen LogP) is 6.84. The first-order chi connectivity index (χ1) is 15.4. The molecule has 3 aromatic rings. The van der Waals surface area contributed by atoms with Crippen LogP contribution in [0.25, 0.3) is 10.9 Å². The summed E-state index contributed by atoms with van der Waals surface area (Å²) in [5.41, 5.74) is 0.582. The molecule has 1 heterocycles. The number of halogens is 3. The van der Waals surface area contributed by atoms with Gasteiger partial charge >= 0.3 is 6.18 Å². The van der Waals surface area contributed by atoms with E-state index in [2.05, 4.69) is 15.6 Å². The summed E-state index contributed by atoms with van der Waals surface area (Å²) in [5, 5.41) is 6.82. The molecule has 0 atom stereocenters. The zero-order valence-corrected chi connectivity index (χ0v) is 17.7. The fraction of sp³-hybridized carbons (Fsp3) is 0.360. The molecule has 2 aromatic carbocycles. The van der Waals surface area contributed by atoms with Crippen LogP contribution < -0.4 is 10.6 Å². The number of nitrogens with one attached hydrogen (secondary N) is 2. The highest BCUT2D eigenvalue weighted by Crippen LogP contribution is 2.32. The Morgan fingerprint density at radius 2 is 1.62 bits per heavy atom. The average Bonchev–Trinajstić information content (AvgIpc) is 2.74. The smallest absolute Gasteiger partial charge is 0.349 e. The first kappa shape index (κ1) is 22.1. The number of rotatable bonds is 4. The number of hydrogen-bond donors (Lipinski definition) is 2. The number of carbonyl (C=O) groups is 1. The monoisotopic (exact) mass is 441 g/mol. The second-order valence-electron chi connectivity index (χ2n) is 8.29. The SMILES string of the molecule is O=C(NC1CCCCCCC1)c1cc(Nc2cccc(C(F)(F)F)c2)nc2ccccc12. The number of fused-ring (bicyclic) bond motifs is 1. The van der Waals surface area contributed by atoms with Crippen LogP contribution >= 0.6 is 0 Å². The molecule has 2 N–H and O–H groups in total. The molecule has 4 rings (SSSR count). The van der Waals surface area contributed by atoms with Gasteiger partial charge in [0.2, 0.25) is 0 Å². The van der Waals surface area contributed by atoms with Gasteiger partial charge in [0, 0.05) is 17.1 Å². The molecule has 4 nitrogen and oxygen atoms in total. The zero-order chi connectivity index (χ0) is 22.6. The number of carbonyl (C=O) groups excluding carboxylic acids is 1. The van der Waals surface area contributed by atoms with Crippen molar-refractivity contribution in [3.8, 4) is 0 Å². The second kappa shape index (κ2) is 9.59. The molecule has 7 heteroatoms. The van der Waals surface area contributed by atoms with Crippen molar-refractivity contribution >= 4 is 28.3 Å². The maximum Gasteiger partial charge on any atom is 0.416 e. The molecule has 1 aliphatic rings. The highest BCUT2D eigenvalue weighted by Gasteiger charge is 2.30. The Morgan fingerprint density at radius 1 is 0.906 bits per heavy atom. The van der Waals surface area contributed by atoms with Gasteiger partial charge in [0.1, 0.15) is 5.82 Å². The molecule has 168 valence electrons. The summed E-state index contributed by atoms with van der Waals surface area (Å²) >= 11 is 0. The van der Waals surface area contributed by atoms with E-state index in [9.17, 15) is 18.0 Å². The lowest BCUT2D eigenvalue weighted by Crippen LogP contribution is -2.35. The van der Waals surface area contributed by atoms with E-state index in [-0.39, 0.29) is 17.6 Å². The summed E-state index contributed by atoms with van der Waals surface area (Å²) in [6.45, 7) is 0. The van der Waals surface area contributed by atoms with E-state index >= 15 is 0 Å². The van der Waals surface area contributed by atoms with E-state index < -0.39 is 11.7 Å². The van der Waals surface area contributed by atoms with Gasteiger partial charge in [-0.05, 0) is 43.2 Å². The van der Waals surface area contributed by atoms with Crippen molar-refractivity contribution < 1.29 is 18.0 Å². The van der Waals surface area contributed by atoms with Gasteiger partial charge in [-0.25, -0.2) is 4.98 Å². The average molecular weight is 441 g/mol. The third kappa shape index (κ3) is 5.39. The number of aromatic nitrogens is 1. The van der Waals surface area contributed by atoms with Gasteiger partial charge in [-0.3, -0.25) is 4.79 Å². The summed E-state index contributed by atoms with van der Waals surface area (Å²) in [5.74, 6) is 0.145. The number of pyridine rings is 1. The fourth-order valence-electron chi connectivity index (χ4n) is 4.21. The minimum absolute atomic E-state index is 0.134. The summed E-state index contributed by atoms with van der Waals surface area (Å²) in [6.07, 6.45) is 3.32. The molecule has 1 aromatic heterocycles. The van der Waals surface area contributed by atoms with Crippen LogP contribution in [0.3, 0.4) is 0 Å². The van der Waals surface area contributed by atoms with E-state index in [4.69, 9.17) is 0 Å². The van der Waals surface area contributed by atoms with Crippen molar-refractivity contribution in [3.05, 3.63) is 65.7 Å². The Kier molecular flexibility index (Phi) is 6.63. The third-order valence-electron chi connectivity index (χ3n) is 5.86. The van der Waals surface area contributed by atoms with Crippen LogP contribution in [-0.2, 0) is 6.18 Å². The molecule has 0 spiro atoms. The van der Waals surface area contributed by atoms with Gasteiger partial charge in [0.15, 0.2) is 0 Å². The van der Waals surface area contributed by atoms with Crippen LogP contribution in [0, 0.1) is 0 Å². The first-order valence-electron chi connectivity index (χ1n) is 11.0. The molecule has 1 fully saturated rings. The van der Waals surface area contributed by atoms with Gasteiger partial charge in [0.25, 0.3) is 5.91 Å². The number of benzene rings is 2. The maximum atomic E-state index is 13.2. The largest absolute Gasteiger partial charge is 0.416 e. The van der Waals surface area contributed by atoms with Gasteiger partial charge in [-0.2, -0.15) is 13.2 Å². The van der Waals surface area contributed by atoms with Crippen molar-refractivity contribution in [2.75, 3.05) is 5.32 Å². The second-order valence-corrected chi connectivity index (χ2v) is 8.29. The highest BCUT2D eigenvalue weighted by molar-refractivity contribution is 6.07. The molecular weight excluding hydrogens is 415 g/mol. The number of anilines is 2. The standard InChI is InChI=1S/C25H26F3N3O/c26-25(27,28)17-9-8-12-19(15-17)29-23-16-21(20-13-6-7-14-22(20)31-23)24(32)30-18-10-4-2-1-3-5-11-18/h6-9,12-16,18H,1-5,10-11H2,(H,29,31)(H,30,32). The minimum atomic E-state index is -4.43. The Bertz CT molecular complexity index is 1090. The number of para-hydroxylation sites is 1. The molecule has 0 bridgehead atoms. The van der Waals surface area contributed by atoms with Crippen molar-refractivity contribution in [2.24, 2.45) is 0 Å². The number of nitrogens with zero attached hydrogens (tertiary/aromatic N) is 1. The quantitative estimate of drug-likeness (QED) is 0.466. The highest BCUT2D eigenvalue weighted by atomic mass is 19.4. The van der Waals surface area contributed by atoms with E-state index in [1.807, 2.05) is 18.2 Å². The van der Waals surface area contributed by atoms with Crippen LogP contribution in [0.5, 0.6) is 0 Å². The lowest BCUT2D eigenvalue weighted by Gasteiger charge is -2.21. The minimum Gasteiger partial charge on any atom is -0.349 e. The first-order valence-corrected chi connectivity index (χ1v) is 11.0. The van der Waals surface area contributed by atoms with Crippen LogP contribution in [-0.4, -0.2) is 16.9 Å². The number of alkyl halides is 3. The normalized spacial score (nSPS) is 15.7. The maximum absolute atomic E-state index is 13.2. The van der Waals surface area contributed by atoms with Crippen LogP contribution in [0.4, 0.5) is 24.7 Å². The molecule has 32 heavy (non-hydrogen) atoms. The topological polar surface area (TPSA) is 54.0 Å². The Hall–Kier alpha value is -3.09. The van der Waals surface area contributed by atoms with E-state index in [1.165, 1.54) is 25.3 Å². The molecule has 1 saturated carbocycles. The van der Waals surface area contributed by atoms with Crippen molar-refractivity contribution in [1.82, 2.24) is 10.3 Å². The molecule has 0 radical (unpaired) electrons. The predicted molar refractivity (Wildman–Crippen MR) is 120 cm³/mol. The number of amides is 1. The summed E-state index contributed by atoms with van der Waals surface area (Å²) in [6, 6.07) is 14.0. The Morgan fingerprint density at radius 3 is 2.38 bits per heavy atom. The van der Waals surface area contributed by atoms with Gasteiger partial charge in [-0.15, -0.1) is 0 Å². The van der Waals surface area contributed by atoms with E-state index in [1.54, 1.807) is 18.2 Å². The lowest BCUT2D eigenvalue weighted by molar-refractivity contribution is -0.137. The molecule has 0 aliphatic heterocycles. The van der Waals surface area contributed by atoms with Crippen molar-refractivity contribution in [1.29, 1.82) is 0 Å². The van der Waals surface area contributed by atoms with Crippen molar-refractivity contribution in [3.63, 3.8) is 0 Å². The molecule has 1 amide bonds. The van der Waals surface area contributed by atoms with Gasteiger partial charge in [0.05, 0.1) is 16.6 Å². The van der Waals surface area contributed by atoms with E-state index in [0.717, 1.165) is 37.8 Å². The van der Waals surface area contributed by atoms with Crippen LogP contribution in [0.2, 0.25) is 0 Å². The molecule has 0 unspecified atom stereocenters. The van der Waals surface area contributed by atoms with Gasteiger partial charge < -0.3 is 10.6 Å². The molecule has 1 aliphatic carbocycles. The third-order valence-corrected chi connectivity index (χ3v) is 5.86. The fourth-order valence-corrected chi connectivity index (χ4v) is 4.21. The Balaban J connectivity index is 1.62. The van der Waals surface area contributed by atoms with Gasteiger partial charge in [-0.1, -0.05) is 56.4 Å². The molecular formula is C25H26F3N3O. The summed E-state index contributed by atoms with van der Waals surface area (Å²) < 4.78 is 39.2. The zero-order valence-electron chi connectivity index (χ0n) is 17.7. The lowest BCUT2D eigenvalue weighted by atomic mass is 9.96. The summed E-state index contributed by atoms with van der Waals surface area (Å²) in [7, 11) is 0. The molecule has 0 saturated heterocycles.